The van der Waals surface area contributed by atoms with E-state index in [9.17, 15) is 0 Å². The first kappa shape index (κ1) is 12.6. The SMILES string of the molecule is Cc1cccc(C2C(N)CCN2C(C)(C)C)c1. The van der Waals surface area contributed by atoms with E-state index in [4.69, 9.17) is 5.73 Å². The van der Waals surface area contributed by atoms with Gasteiger partial charge < -0.3 is 5.73 Å². The summed E-state index contributed by atoms with van der Waals surface area (Å²) in [6, 6.07) is 9.39. The van der Waals surface area contributed by atoms with Crippen LogP contribution in [0.1, 0.15) is 44.4 Å². The van der Waals surface area contributed by atoms with Gasteiger partial charge in [-0.2, -0.15) is 0 Å². The van der Waals surface area contributed by atoms with Crippen LogP contribution in [0.2, 0.25) is 0 Å². The van der Waals surface area contributed by atoms with Crippen LogP contribution in [-0.4, -0.2) is 23.0 Å². The van der Waals surface area contributed by atoms with Gasteiger partial charge in [-0.3, -0.25) is 4.90 Å². The summed E-state index contributed by atoms with van der Waals surface area (Å²) in [5.41, 5.74) is 9.17. The molecule has 2 nitrogen and oxygen atoms in total. The highest BCUT2D eigenvalue weighted by molar-refractivity contribution is 5.27. The zero-order chi connectivity index (χ0) is 12.6. The van der Waals surface area contributed by atoms with Crippen molar-refractivity contribution in [1.29, 1.82) is 0 Å². The van der Waals surface area contributed by atoms with Crippen molar-refractivity contribution >= 4 is 0 Å². The molecule has 1 aromatic carbocycles. The molecule has 0 spiro atoms. The van der Waals surface area contributed by atoms with E-state index in [1.807, 2.05) is 0 Å². The number of nitrogens with zero attached hydrogens (tertiary/aromatic N) is 1. The molecule has 94 valence electrons. The topological polar surface area (TPSA) is 29.3 Å². The molecule has 0 radical (unpaired) electrons. The third-order valence-electron chi connectivity index (χ3n) is 3.69. The lowest BCUT2D eigenvalue weighted by Gasteiger charge is -2.38. The van der Waals surface area contributed by atoms with Gasteiger partial charge in [0.05, 0.1) is 6.04 Å². The second-order valence-electron chi connectivity index (χ2n) is 6.18. The third kappa shape index (κ3) is 2.53. The Kier molecular flexibility index (Phi) is 3.28. The van der Waals surface area contributed by atoms with E-state index in [1.165, 1.54) is 11.1 Å². The fourth-order valence-corrected chi connectivity index (χ4v) is 2.85. The summed E-state index contributed by atoms with van der Waals surface area (Å²) >= 11 is 0. The summed E-state index contributed by atoms with van der Waals surface area (Å²) in [6.07, 6.45) is 1.09. The first-order chi connectivity index (χ1) is 7.89. The van der Waals surface area contributed by atoms with Crippen LogP contribution in [-0.2, 0) is 0 Å². The Balaban J connectivity index is 2.34. The lowest BCUT2D eigenvalue weighted by Crippen LogP contribution is -2.43. The minimum absolute atomic E-state index is 0.183. The largest absolute Gasteiger partial charge is 0.326 e. The first-order valence-electron chi connectivity index (χ1n) is 6.48. The van der Waals surface area contributed by atoms with Crippen molar-refractivity contribution in [3.63, 3.8) is 0 Å². The van der Waals surface area contributed by atoms with Crippen LogP contribution in [0.15, 0.2) is 24.3 Å². The highest BCUT2D eigenvalue weighted by atomic mass is 15.3. The molecular weight excluding hydrogens is 208 g/mol. The van der Waals surface area contributed by atoms with Crippen LogP contribution in [0.4, 0.5) is 0 Å². The number of nitrogens with two attached hydrogens (primary N) is 1. The van der Waals surface area contributed by atoms with Crippen molar-refractivity contribution in [3.8, 4) is 0 Å². The van der Waals surface area contributed by atoms with Crippen molar-refractivity contribution in [2.75, 3.05) is 6.54 Å². The van der Waals surface area contributed by atoms with E-state index in [0.717, 1.165) is 13.0 Å². The van der Waals surface area contributed by atoms with Gasteiger partial charge in [0.25, 0.3) is 0 Å². The molecule has 0 aromatic heterocycles. The van der Waals surface area contributed by atoms with E-state index in [1.54, 1.807) is 0 Å². The Morgan fingerprint density at radius 2 is 2.00 bits per heavy atom. The van der Waals surface area contributed by atoms with E-state index < -0.39 is 0 Å². The number of aryl methyl sites for hydroxylation is 1. The maximum Gasteiger partial charge on any atom is 0.0504 e. The molecule has 1 aromatic rings. The molecule has 1 heterocycles. The Bertz CT molecular complexity index is 392. The standard InChI is InChI=1S/C15H24N2/c1-11-6-5-7-12(10-11)14-13(16)8-9-17(14)15(2,3)4/h5-7,10,13-14H,8-9,16H2,1-4H3. The molecule has 0 aliphatic carbocycles. The Hall–Kier alpha value is -0.860. The summed E-state index contributed by atoms with van der Waals surface area (Å²) in [5.74, 6) is 0. The predicted octanol–water partition coefficient (Wildman–Crippen LogP) is 2.87. The molecule has 0 amide bonds. The molecule has 2 unspecified atom stereocenters. The molecule has 2 heteroatoms. The van der Waals surface area contributed by atoms with Crippen LogP contribution in [0.5, 0.6) is 0 Å². The van der Waals surface area contributed by atoms with Gasteiger partial charge in [-0.1, -0.05) is 29.8 Å². The molecule has 0 bridgehead atoms. The average molecular weight is 232 g/mol. The average Bonchev–Trinajstić information content (AvgIpc) is 2.59. The van der Waals surface area contributed by atoms with Crippen LogP contribution in [0, 0.1) is 6.92 Å². The third-order valence-corrected chi connectivity index (χ3v) is 3.69. The van der Waals surface area contributed by atoms with Crippen LogP contribution >= 0.6 is 0 Å². The molecule has 1 saturated heterocycles. The highest BCUT2D eigenvalue weighted by Gasteiger charge is 2.38. The van der Waals surface area contributed by atoms with Crippen molar-refractivity contribution in [2.24, 2.45) is 5.73 Å². The fraction of sp³-hybridized carbons (Fsp3) is 0.600. The summed E-state index contributed by atoms with van der Waals surface area (Å²) in [4.78, 5) is 2.53. The van der Waals surface area contributed by atoms with Crippen molar-refractivity contribution in [2.45, 2.75) is 51.7 Å². The van der Waals surface area contributed by atoms with Crippen molar-refractivity contribution in [1.82, 2.24) is 4.90 Å². The molecule has 2 rings (SSSR count). The van der Waals surface area contributed by atoms with Gasteiger partial charge in [-0.15, -0.1) is 0 Å². The maximum atomic E-state index is 6.31. The van der Waals surface area contributed by atoms with Gasteiger partial charge in [0.15, 0.2) is 0 Å². The summed E-state index contributed by atoms with van der Waals surface area (Å²) < 4.78 is 0. The van der Waals surface area contributed by atoms with Gasteiger partial charge in [0.1, 0.15) is 0 Å². The quantitative estimate of drug-likeness (QED) is 0.806. The van der Waals surface area contributed by atoms with Crippen molar-refractivity contribution < 1.29 is 0 Å². The van der Waals surface area contributed by atoms with Gasteiger partial charge >= 0.3 is 0 Å². The monoisotopic (exact) mass is 232 g/mol. The normalized spacial score (nSPS) is 26.4. The second kappa shape index (κ2) is 4.43. The first-order valence-corrected chi connectivity index (χ1v) is 6.48. The van der Waals surface area contributed by atoms with Gasteiger partial charge in [-0.25, -0.2) is 0 Å². The fourth-order valence-electron chi connectivity index (χ4n) is 2.85. The van der Waals surface area contributed by atoms with Crippen LogP contribution < -0.4 is 5.73 Å². The number of likely N-dealkylation sites (tertiary alicyclic amines) is 1. The van der Waals surface area contributed by atoms with E-state index >= 15 is 0 Å². The van der Waals surface area contributed by atoms with Crippen LogP contribution in [0.3, 0.4) is 0 Å². The summed E-state index contributed by atoms with van der Waals surface area (Å²) in [7, 11) is 0. The minimum Gasteiger partial charge on any atom is -0.326 e. The molecule has 1 aliphatic heterocycles. The van der Waals surface area contributed by atoms with E-state index in [-0.39, 0.29) is 11.6 Å². The molecular formula is C15H24N2. The Labute approximate surface area is 105 Å². The summed E-state index contributed by atoms with van der Waals surface area (Å²) in [5, 5.41) is 0. The molecule has 1 fully saturated rings. The lowest BCUT2D eigenvalue weighted by molar-refractivity contribution is 0.117. The zero-order valence-corrected chi connectivity index (χ0v) is 11.4. The Morgan fingerprint density at radius 3 is 2.59 bits per heavy atom. The number of rotatable bonds is 1. The smallest absolute Gasteiger partial charge is 0.0504 e. The van der Waals surface area contributed by atoms with Gasteiger partial charge in [-0.05, 0) is 39.7 Å². The van der Waals surface area contributed by atoms with Crippen LogP contribution in [0.25, 0.3) is 0 Å². The second-order valence-corrected chi connectivity index (χ2v) is 6.18. The van der Waals surface area contributed by atoms with E-state index in [0.29, 0.717) is 6.04 Å². The minimum atomic E-state index is 0.183. The van der Waals surface area contributed by atoms with Gasteiger partial charge in [0, 0.05) is 18.1 Å². The van der Waals surface area contributed by atoms with E-state index in [2.05, 4.69) is 56.9 Å². The molecule has 2 N–H and O–H groups in total. The summed E-state index contributed by atoms with van der Waals surface area (Å²) in [6.45, 7) is 10.1. The molecule has 1 aliphatic rings. The number of benzene rings is 1. The van der Waals surface area contributed by atoms with Crippen molar-refractivity contribution in [3.05, 3.63) is 35.4 Å². The van der Waals surface area contributed by atoms with Gasteiger partial charge in [0.2, 0.25) is 0 Å². The predicted molar refractivity (Wildman–Crippen MR) is 73.0 cm³/mol. The molecule has 0 saturated carbocycles. The number of hydrogen-bond donors (Lipinski definition) is 1. The maximum absolute atomic E-state index is 6.31. The number of hydrogen-bond acceptors (Lipinski definition) is 2. The molecule has 2 atom stereocenters. The molecule has 17 heavy (non-hydrogen) atoms. The lowest BCUT2D eigenvalue weighted by atomic mass is 9.96. The highest BCUT2D eigenvalue weighted by Crippen LogP contribution is 2.36. The zero-order valence-electron chi connectivity index (χ0n) is 11.4. The Morgan fingerprint density at radius 1 is 1.29 bits per heavy atom.